The Bertz CT molecular complexity index is 767. The van der Waals surface area contributed by atoms with Gasteiger partial charge in [-0.3, -0.25) is 4.79 Å². The third-order valence-corrected chi connectivity index (χ3v) is 4.86. The van der Waals surface area contributed by atoms with Crippen LogP contribution >= 0.6 is 0 Å². The normalized spacial score (nSPS) is 16.8. The van der Waals surface area contributed by atoms with Crippen LogP contribution in [0.4, 0.5) is 17.2 Å². The number of aryl methyl sites for hydroxylation is 1. The van der Waals surface area contributed by atoms with Gasteiger partial charge in [-0.2, -0.15) is 0 Å². The van der Waals surface area contributed by atoms with Crippen LogP contribution < -0.4 is 15.1 Å². The number of carbonyl (C=O) groups excluding carboxylic acids is 1. The number of rotatable bonds is 3. The molecule has 0 saturated heterocycles. The summed E-state index contributed by atoms with van der Waals surface area (Å²) in [7, 11) is 1.82. The van der Waals surface area contributed by atoms with Crippen LogP contribution in [0.1, 0.15) is 28.8 Å². The van der Waals surface area contributed by atoms with Crippen molar-refractivity contribution in [3.05, 3.63) is 47.7 Å². The lowest BCUT2D eigenvalue weighted by Gasteiger charge is -2.39. The number of amides is 1. The summed E-state index contributed by atoms with van der Waals surface area (Å²) in [5, 5.41) is 2.98. The molecule has 1 aromatic heterocycles. The van der Waals surface area contributed by atoms with E-state index < -0.39 is 0 Å². The van der Waals surface area contributed by atoms with Gasteiger partial charge in [0.1, 0.15) is 5.82 Å². The molecule has 0 atom stereocenters. The van der Waals surface area contributed by atoms with Crippen molar-refractivity contribution < 1.29 is 4.79 Å². The maximum Gasteiger partial charge on any atom is 0.259 e. The summed E-state index contributed by atoms with van der Waals surface area (Å²) in [5.74, 6) is 0.786. The third-order valence-electron chi connectivity index (χ3n) is 4.86. The van der Waals surface area contributed by atoms with Crippen molar-refractivity contribution in [1.82, 2.24) is 4.98 Å². The molecular formula is C19H22N4O. The Morgan fingerprint density at radius 1 is 1.21 bits per heavy atom. The number of para-hydroxylation sites is 1. The molecule has 1 aliphatic heterocycles. The minimum Gasteiger partial charge on any atom is -0.373 e. The van der Waals surface area contributed by atoms with Crippen LogP contribution in [0.2, 0.25) is 0 Å². The van der Waals surface area contributed by atoms with E-state index in [4.69, 9.17) is 0 Å². The minimum atomic E-state index is 0.0208. The van der Waals surface area contributed by atoms with E-state index in [0.717, 1.165) is 24.6 Å². The minimum absolute atomic E-state index is 0.0208. The Kier molecular flexibility index (Phi) is 3.63. The highest BCUT2D eigenvalue weighted by molar-refractivity contribution is 6.08. The highest BCUT2D eigenvalue weighted by Gasteiger charge is 2.36. The van der Waals surface area contributed by atoms with Crippen molar-refractivity contribution in [2.45, 2.75) is 25.8 Å². The number of carbonyl (C=O) groups is 1. The van der Waals surface area contributed by atoms with Gasteiger partial charge in [0.15, 0.2) is 0 Å². The molecule has 124 valence electrons. The highest BCUT2D eigenvalue weighted by Crippen LogP contribution is 2.42. The van der Waals surface area contributed by atoms with Crippen LogP contribution in [0.5, 0.6) is 0 Å². The van der Waals surface area contributed by atoms with E-state index in [1.54, 1.807) is 6.20 Å². The quantitative estimate of drug-likeness (QED) is 0.943. The monoisotopic (exact) mass is 322 g/mol. The molecule has 1 amide bonds. The maximum atomic E-state index is 13.0. The Labute approximate surface area is 142 Å². The van der Waals surface area contributed by atoms with Crippen molar-refractivity contribution in [1.29, 1.82) is 0 Å². The number of benzene rings is 1. The number of anilines is 3. The molecule has 0 spiro atoms. The first-order valence-electron chi connectivity index (χ1n) is 8.51. The van der Waals surface area contributed by atoms with Crippen LogP contribution in [-0.4, -0.2) is 37.1 Å². The second kappa shape index (κ2) is 5.82. The molecule has 0 radical (unpaired) electrons. The van der Waals surface area contributed by atoms with E-state index in [0.29, 0.717) is 11.6 Å². The molecule has 0 unspecified atom stereocenters. The number of nitrogens with zero attached hydrogens (tertiary/aromatic N) is 3. The number of fused-ring (bicyclic) bond motifs is 1. The van der Waals surface area contributed by atoms with Crippen molar-refractivity contribution >= 4 is 23.1 Å². The van der Waals surface area contributed by atoms with Crippen LogP contribution in [0, 0.1) is 6.92 Å². The van der Waals surface area contributed by atoms with Crippen LogP contribution in [0.15, 0.2) is 36.5 Å². The lowest BCUT2D eigenvalue weighted by molar-refractivity contribution is 0.0986. The molecule has 2 aromatic rings. The molecular weight excluding hydrogens is 300 g/mol. The summed E-state index contributed by atoms with van der Waals surface area (Å²) >= 11 is 0. The van der Waals surface area contributed by atoms with Crippen LogP contribution in [0.25, 0.3) is 0 Å². The molecule has 1 aliphatic carbocycles. The number of hydrogen-bond acceptors (Lipinski definition) is 4. The molecule has 5 nitrogen and oxygen atoms in total. The zero-order chi connectivity index (χ0) is 16.7. The van der Waals surface area contributed by atoms with Gasteiger partial charge in [-0.1, -0.05) is 12.1 Å². The van der Waals surface area contributed by atoms with Gasteiger partial charge in [-0.25, -0.2) is 4.98 Å². The number of aromatic nitrogens is 1. The van der Waals surface area contributed by atoms with E-state index in [2.05, 4.69) is 34.3 Å². The van der Waals surface area contributed by atoms with E-state index in [-0.39, 0.29) is 5.91 Å². The first-order chi connectivity index (χ1) is 11.7. The number of hydrogen-bond donors (Lipinski definition) is 1. The van der Waals surface area contributed by atoms with Crippen LogP contribution in [0.3, 0.4) is 0 Å². The second-order valence-corrected chi connectivity index (χ2v) is 6.51. The van der Waals surface area contributed by atoms with Crippen molar-refractivity contribution in [2.24, 2.45) is 0 Å². The first kappa shape index (κ1) is 15.0. The van der Waals surface area contributed by atoms with Gasteiger partial charge in [0.2, 0.25) is 0 Å². The van der Waals surface area contributed by atoms with Gasteiger partial charge in [0.25, 0.3) is 5.91 Å². The van der Waals surface area contributed by atoms with Gasteiger partial charge < -0.3 is 15.1 Å². The van der Waals surface area contributed by atoms with Gasteiger partial charge in [0, 0.05) is 32.4 Å². The summed E-state index contributed by atoms with van der Waals surface area (Å²) in [4.78, 5) is 21.7. The average Bonchev–Trinajstić information content (AvgIpc) is 3.46. The van der Waals surface area contributed by atoms with Gasteiger partial charge >= 0.3 is 0 Å². The number of pyridine rings is 1. The molecule has 2 aliphatic rings. The molecule has 0 bridgehead atoms. The van der Waals surface area contributed by atoms with Gasteiger partial charge in [0.05, 0.1) is 16.9 Å². The zero-order valence-corrected chi connectivity index (χ0v) is 14.1. The third kappa shape index (κ3) is 2.50. The largest absolute Gasteiger partial charge is 0.373 e. The zero-order valence-electron chi connectivity index (χ0n) is 14.1. The summed E-state index contributed by atoms with van der Waals surface area (Å²) < 4.78 is 0. The highest BCUT2D eigenvalue weighted by atomic mass is 16.2. The Hall–Kier alpha value is -2.56. The van der Waals surface area contributed by atoms with Crippen molar-refractivity contribution in [3.8, 4) is 0 Å². The lowest BCUT2D eigenvalue weighted by Crippen LogP contribution is -2.45. The topological polar surface area (TPSA) is 48.5 Å². The SMILES string of the molecule is CNc1ccc(C(=O)N2CCN(C3CC3)c3c(C)cccc32)cn1. The summed E-state index contributed by atoms with van der Waals surface area (Å²) in [6.45, 7) is 3.75. The Morgan fingerprint density at radius 3 is 2.71 bits per heavy atom. The Morgan fingerprint density at radius 2 is 2.04 bits per heavy atom. The number of nitrogens with one attached hydrogen (secondary N) is 1. The molecule has 24 heavy (non-hydrogen) atoms. The summed E-state index contributed by atoms with van der Waals surface area (Å²) in [5.41, 5.74) is 4.11. The molecule has 1 fully saturated rings. The lowest BCUT2D eigenvalue weighted by atomic mass is 10.1. The van der Waals surface area contributed by atoms with E-state index in [1.165, 1.54) is 24.1 Å². The molecule has 1 N–H and O–H groups in total. The van der Waals surface area contributed by atoms with E-state index in [9.17, 15) is 4.79 Å². The molecule has 2 heterocycles. The fraction of sp³-hybridized carbons (Fsp3) is 0.368. The Balaban J connectivity index is 1.69. The van der Waals surface area contributed by atoms with Crippen molar-refractivity contribution in [3.63, 3.8) is 0 Å². The summed E-state index contributed by atoms with van der Waals surface area (Å²) in [6.07, 6.45) is 4.17. The fourth-order valence-corrected chi connectivity index (χ4v) is 3.46. The average molecular weight is 322 g/mol. The second-order valence-electron chi connectivity index (χ2n) is 6.51. The predicted molar refractivity (Wildman–Crippen MR) is 97.0 cm³/mol. The maximum absolute atomic E-state index is 13.0. The first-order valence-corrected chi connectivity index (χ1v) is 8.51. The molecule has 1 aromatic carbocycles. The standard InChI is InChI=1S/C19H22N4O/c1-13-4-3-5-16-18(13)22(15-7-8-15)10-11-23(16)19(24)14-6-9-17(20-2)21-12-14/h3-6,9,12,15H,7-8,10-11H2,1-2H3,(H,20,21). The van der Waals surface area contributed by atoms with E-state index >= 15 is 0 Å². The molecule has 5 heteroatoms. The molecule has 4 rings (SSSR count). The van der Waals surface area contributed by atoms with Crippen molar-refractivity contribution in [2.75, 3.05) is 35.3 Å². The smallest absolute Gasteiger partial charge is 0.259 e. The molecule has 1 saturated carbocycles. The van der Waals surface area contributed by atoms with Gasteiger partial charge in [-0.05, 0) is 43.5 Å². The van der Waals surface area contributed by atoms with Crippen LogP contribution in [-0.2, 0) is 0 Å². The summed E-state index contributed by atoms with van der Waals surface area (Å²) in [6, 6.07) is 10.6. The van der Waals surface area contributed by atoms with E-state index in [1.807, 2.05) is 30.1 Å². The van der Waals surface area contributed by atoms with Gasteiger partial charge in [-0.15, -0.1) is 0 Å². The predicted octanol–water partition coefficient (Wildman–Crippen LogP) is 3.06. The fourth-order valence-electron chi connectivity index (χ4n) is 3.46.